The van der Waals surface area contributed by atoms with E-state index in [1.165, 1.54) is 6.92 Å². The first-order chi connectivity index (χ1) is 9.32. The van der Waals surface area contributed by atoms with Crippen molar-refractivity contribution in [1.29, 1.82) is 0 Å². The molecule has 1 aliphatic heterocycles. The van der Waals surface area contributed by atoms with Crippen LogP contribution in [0.25, 0.3) is 0 Å². The van der Waals surface area contributed by atoms with Crippen molar-refractivity contribution >= 4 is 5.91 Å². The fourth-order valence-corrected chi connectivity index (χ4v) is 1.72. The molecule has 0 spiro atoms. The molecule has 2 atom stereocenters. The summed E-state index contributed by atoms with van der Waals surface area (Å²) in [5.74, 6) is -19.6. The normalized spacial score (nSPS) is 21.7. The Bertz CT molecular complexity index is 411. The number of carbonyl (C=O) groups excluding carboxylic acids is 1. The van der Waals surface area contributed by atoms with Gasteiger partial charge in [-0.15, -0.1) is 0 Å². The molecule has 124 valence electrons. The number of nitrogens with zero attached hydrogens (tertiary/aromatic N) is 1. The maximum Gasteiger partial charge on any atom is 0.380 e. The van der Waals surface area contributed by atoms with Crippen LogP contribution in [0.1, 0.15) is 20.3 Å². The van der Waals surface area contributed by atoms with Crippen LogP contribution in [0.3, 0.4) is 0 Å². The lowest BCUT2D eigenvalue weighted by molar-refractivity contribution is -0.339. The van der Waals surface area contributed by atoms with Gasteiger partial charge >= 0.3 is 24.2 Å². The topological polar surface area (TPSA) is 20.1 Å². The van der Waals surface area contributed by atoms with E-state index in [0.29, 0.717) is 4.90 Å². The number of carbonyl (C=O) groups is 1. The molecular formula is C11H13F8NO. The highest BCUT2D eigenvalue weighted by atomic mass is 19.4. The van der Waals surface area contributed by atoms with Gasteiger partial charge in [-0.25, -0.2) is 8.78 Å². The molecule has 0 aromatic carbocycles. The van der Waals surface area contributed by atoms with Crippen molar-refractivity contribution in [1.82, 2.24) is 4.90 Å². The van der Waals surface area contributed by atoms with Gasteiger partial charge < -0.3 is 4.90 Å². The van der Waals surface area contributed by atoms with Gasteiger partial charge in [-0.05, 0) is 6.42 Å². The minimum Gasteiger partial charge on any atom is -0.329 e. The van der Waals surface area contributed by atoms with Crippen molar-refractivity contribution in [3.63, 3.8) is 0 Å². The lowest BCUT2D eigenvalue weighted by Crippen LogP contribution is -2.60. The van der Waals surface area contributed by atoms with Gasteiger partial charge in [0.1, 0.15) is 6.04 Å². The molecule has 1 fully saturated rings. The molecule has 0 aromatic rings. The van der Waals surface area contributed by atoms with Crippen LogP contribution < -0.4 is 0 Å². The molecule has 0 aliphatic carbocycles. The molecule has 2 unspecified atom stereocenters. The lowest BCUT2D eigenvalue weighted by Gasteiger charge is -2.32. The molecule has 0 bridgehead atoms. The number of alkyl halides is 8. The van der Waals surface area contributed by atoms with E-state index < -0.39 is 48.6 Å². The highest BCUT2D eigenvalue weighted by molar-refractivity contribution is 5.81. The summed E-state index contributed by atoms with van der Waals surface area (Å²) < 4.78 is 102. The van der Waals surface area contributed by atoms with Crippen LogP contribution in [0.4, 0.5) is 35.1 Å². The zero-order chi connectivity index (χ0) is 16.8. The summed E-state index contributed by atoms with van der Waals surface area (Å²) in [6.45, 7) is 2.02. The summed E-state index contributed by atoms with van der Waals surface area (Å²) in [4.78, 5) is 11.8. The molecule has 0 aromatic heterocycles. The predicted octanol–water partition coefficient (Wildman–Crippen LogP) is 3.41. The van der Waals surface area contributed by atoms with E-state index in [1.54, 1.807) is 6.92 Å². The van der Waals surface area contributed by atoms with Gasteiger partial charge in [0.15, 0.2) is 0 Å². The van der Waals surface area contributed by atoms with Gasteiger partial charge in [0.25, 0.3) is 0 Å². The molecule has 2 nitrogen and oxygen atoms in total. The first-order valence-corrected chi connectivity index (χ1v) is 6.04. The number of amides is 1. The van der Waals surface area contributed by atoms with Gasteiger partial charge in [-0.1, -0.05) is 13.8 Å². The van der Waals surface area contributed by atoms with Crippen LogP contribution >= 0.6 is 0 Å². The van der Waals surface area contributed by atoms with Gasteiger partial charge in [0, 0.05) is 12.5 Å². The first kappa shape index (κ1) is 18.0. The quantitative estimate of drug-likeness (QED) is 0.541. The third kappa shape index (κ3) is 2.68. The Morgan fingerprint density at radius 1 is 1.19 bits per heavy atom. The van der Waals surface area contributed by atoms with Gasteiger partial charge in [-0.3, -0.25) is 4.79 Å². The average Bonchev–Trinajstić information content (AvgIpc) is 3.16. The first-order valence-electron chi connectivity index (χ1n) is 6.04. The summed E-state index contributed by atoms with van der Waals surface area (Å²) in [6.07, 6.45) is -4.71. The highest BCUT2D eigenvalue weighted by Gasteiger charge is 2.80. The molecule has 0 radical (unpaired) electrons. The number of hydrogen-bond acceptors (Lipinski definition) is 1. The van der Waals surface area contributed by atoms with Crippen molar-refractivity contribution in [3.8, 4) is 0 Å². The minimum atomic E-state index is -6.26. The Balaban J connectivity index is 2.96. The third-order valence-electron chi connectivity index (χ3n) is 3.46. The standard InChI is InChI=1S/C11H13F8NO/c1-3-5(2)7(21)20-4-6(20)9(14,15)11(18,19)10(16,17)8(12)13/h5-6,8H,3-4H2,1-2H3. The molecule has 1 rings (SSSR count). The highest BCUT2D eigenvalue weighted by Crippen LogP contribution is 2.53. The Hall–Kier alpha value is -1.09. The molecule has 0 saturated carbocycles. The maximum atomic E-state index is 13.5. The van der Waals surface area contributed by atoms with E-state index >= 15 is 0 Å². The van der Waals surface area contributed by atoms with Crippen LogP contribution in [0, 0.1) is 5.92 Å². The van der Waals surface area contributed by atoms with Crippen molar-refractivity contribution in [2.24, 2.45) is 5.92 Å². The Morgan fingerprint density at radius 3 is 2.05 bits per heavy atom. The van der Waals surface area contributed by atoms with E-state index in [0.717, 1.165) is 0 Å². The van der Waals surface area contributed by atoms with Gasteiger partial charge in [-0.2, -0.15) is 26.3 Å². The van der Waals surface area contributed by atoms with Crippen LogP contribution in [0.15, 0.2) is 0 Å². The Morgan fingerprint density at radius 2 is 1.67 bits per heavy atom. The monoisotopic (exact) mass is 327 g/mol. The van der Waals surface area contributed by atoms with Crippen molar-refractivity contribution in [2.75, 3.05) is 6.54 Å². The van der Waals surface area contributed by atoms with Crippen LogP contribution in [0.2, 0.25) is 0 Å². The van der Waals surface area contributed by atoms with Crippen molar-refractivity contribution < 1.29 is 39.9 Å². The van der Waals surface area contributed by atoms with Gasteiger partial charge in [0.05, 0.1) is 0 Å². The van der Waals surface area contributed by atoms with Crippen molar-refractivity contribution in [2.45, 2.75) is 50.5 Å². The molecule has 1 amide bonds. The van der Waals surface area contributed by atoms with E-state index in [-0.39, 0.29) is 6.42 Å². The second kappa shape index (κ2) is 5.28. The summed E-state index contributed by atoms with van der Waals surface area (Å²) in [6, 6.07) is -2.50. The second-order valence-electron chi connectivity index (χ2n) is 4.94. The summed E-state index contributed by atoms with van der Waals surface area (Å²) in [5, 5.41) is 0. The SMILES string of the molecule is CCC(C)C(=O)N1CC1C(F)(F)C(F)(F)C(F)(F)C(F)F. The molecule has 1 aliphatic rings. The largest absolute Gasteiger partial charge is 0.380 e. The zero-order valence-electron chi connectivity index (χ0n) is 11.0. The Labute approximate surface area is 115 Å². The Kier molecular flexibility index (Phi) is 4.51. The van der Waals surface area contributed by atoms with Crippen LogP contribution in [-0.2, 0) is 4.79 Å². The molecule has 1 heterocycles. The fraction of sp³-hybridized carbons (Fsp3) is 0.909. The number of hydrogen-bond donors (Lipinski definition) is 0. The summed E-state index contributed by atoms with van der Waals surface area (Å²) >= 11 is 0. The minimum absolute atomic E-state index is 0.233. The van der Waals surface area contributed by atoms with Gasteiger partial charge in [0.2, 0.25) is 5.91 Å². The molecule has 10 heteroatoms. The van der Waals surface area contributed by atoms with E-state index in [2.05, 4.69) is 0 Å². The summed E-state index contributed by atoms with van der Waals surface area (Å²) in [7, 11) is 0. The van der Waals surface area contributed by atoms with Crippen molar-refractivity contribution in [3.05, 3.63) is 0 Å². The molecule has 21 heavy (non-hydrogen) atoms. The van der Waals surface area contributed by atoms with E-state index in [1.807, 2.05) is 0 Å². The molecule has 0 N–H and O–H groups in total. The lowest BCUT2D eigenvalue weighted by atomic mass is 10.0. The molecular weight excluding hydrogens is 314 g/mol. The van der Waals surface area contributed by atoms with Crippen LogP contribution in [0.5, 0.6) is 0 Å². The predicted molar refractivity (Wildman–Crippen MR) is 55.8 cm³/mol. The smallest absolute Gasteiger partial charge is 0.329 e. The zero-order valence-corrected chi connectivity index (χ0v) is 11.0. The van der Waals surface area contributed by atoms with Crippen LogP contribution in [-0.4, -0.2) is 47.6 Å². The summed E-state index contributed by atoms with van der Waals surface area (Å²) in [5.41, 5.74) is 0. The van der Waals surface area contributed by atoms with E-state index in [9.17, 15) is 39.9 Å². The average molecular weight is 327 g/mol. The molecule has 1 saturated heterocycles. The maximum absolute atomic E-state index is 13.5. The second-order valence-corrected chi connectivity index (χ2v) is 4.94. The van der Waals surface area contributed by atoms with E-state index in [4.69, 9.17) is 0 Å². The number of halogens is 8. The fourth-order valence-electron chi connectivity index (χ4n) is 1.72. The third-order valence-corrected chi connectivity index (χ3v) is 3.46. The number of rotatable bonds is 6.